The van der Waals surface area contributed by atoms with Crippen molar-refractivity contribution in [3.8, 4) is 5.75 Å². The highest BCUT2D eigenvalue weighted by Crippen LogP contribution is 2.30. The summed E-state index contributed by atoms with van der Waals surface area (Å²) in [6.45, 7) is 11.6. The lowest BCUT2D eigenvalue weighted by Gasteiger charge is -2.21. The monoisotopic (exact) mass is 805 g/mol. The van der Waals surface area contributed by atoms with Crippen LogP contribution in [-0.2, 0) is 9.47 Å². The predicted octanol–water partition coefficient (Wildman–Crippen LogP) is 10.9. The number of aromatic hydroxyl groups is 1. The minimum absolute atomic E-state index is 0.0344. The maximum absolute atomic E-state index is 13.5. The highest BCUT2D eigenvalue weighted by molar-refractivity contribution is 6.17. The first-order valence-electron chi connectivity index (χ1n) is 21.1. The van der Waals surface area contributed by atoms with E-state index in [9.17, 15) is 29.2 Å². The Kier molecular flexibility index (Phi) is 18.8. The smallest absolute Gasteiger partial charge is 0.338 e. The van der Waals surface area contributed by atoms with Crippen LogP contribution in [-0.4, -0.2) is 68.0 Å². The number of unbranched alkanes of at least 4 members (excludes halogenated alkanes) is 9. The van der Waals surface area contributed by atoms with Crippen molar-refractivity contribution in [2.24, 2.45) is 5.18 Å². The van der Waals surface area contributed by atoms with Gasteiger partial charge in [-0.25, -0.2) is 9.59 Å². The molecule has 11 nitrogen and oxygen atoms in total. The van der Waals surface area contributed by atoms with Gasteiger partial charge in [0.2, 0.25) is 0 Å². The fourth-order valence-corrected chi connectivity index (χ4v) is 7.18. The van der Waals surface area contributed by atoms with Gasteiger partial charge in [0.05, 0.1) is 35.5 Å². The molecule has 0 radical (unpaired) electrons. The number of hydrogen-bond acceptors (Lipinski definition) is 11. The van der Waals surface area contributed by atoms with Crippen molar-refractivity contribution in [2.45, 2.75) is 91.9 Å². The highest BCUT2D eigenvalue weighted by Gasteiger charge is 2.24. The van der Waals surface area contributed by atoms with E-state index in [1.54, 1.807) is 84.9 Å². The first-order valence-corrected chi connectivity index (χ1v) is 21.1. The molecule has 4 rings (SSSR count). The summed E-state index contributed by atoms with van der Waals surface area (Å²) in [5, 5.41) is 13.8. The van der Waals surface area contributed by atoms with Gasteiger partial charge in [0.1, 0.15) is 11.4 Å². The van der Waals surface area contributed by atoms with Crippen LogP contribution in [0.2, 0.25) is 0 Å². The van der Waals surface area contributed by atoms with Crippen LogP contribution in [0.4, 0.5) is 17.1 Å². The molecule has 59 heavy (non-hydrogen) atoms. The molecule has 0 aliphatic rings. The van der Waals surface area contributed by atoms with Crippen LogP contribution >= 0.6 is 0 Å². The molecule has 0 amide bonds. The third kappa shape index (κ3) is 12.8. The topological polar surface area (TPSA) is 143 Å². The number of nitroso groups, excluding NO2 is 1. The van der Waals surface area contributed by atoms with Crippen molar-refractivity contribution in [1.29, 1.82) is 0 Å². The molecule has 0 saturated heterocycles. The standard InChI is InChI=1S/C48H59N3O8/c1-5-50(6-2)35-27-29-41(43(33-35)49-57)45(53)37-23-17-19-25-39(37)47(55)58-31-21-15-13-11-9-10-12-14-16-22-32-59-48(56)40-26-20-18-24-38(40)46(54)42-30-28-36(34-44(42)52)51(7-3)8-4/h17-20,23-30,33-34,52H,5-16,21-22,31-32H2,1-4H3. The van der Waals surface area contributed by atoms with Crippen LogP contribution < -0.4 is 9.80 Å². The van der Waals surface area contributed by atoms with E-state index in [0.717, 1.165) is 102 Å². The molecule has 0 aromatic heterocycles. The zero-order valence-corrected chi connectivity index (χ0v) is 35.0. The molecule has 0 bridgehead atoms. The number of nitrogens with zero attached hydrogens (tertiary/aromatic N) is 3. The van der Waals surface area contributed by atoms with Gasteiger partial charge in [0.25, 0.3) is 0 Å². The van der Waals surface area contributed by atoms with E-state index in [-0.39, 0.29) is 58.0 Å². The van der Waals surface area contributed by atoms with Gasteiger partial charge in [-0.2, -0.15) is 0 Å². The van der Waals surface area contributed by atoms with Gasteiger partial charge < -0.3 is 24.4 Å². The Morgan fingerprint density at radius 1 is 0.492 bits per heavy atom. The fourth-order valence-electron chi connectivity index (χ4n) is 7.18. The number of phenols is 1. The fraction of sp³-hybridized carbons (Fsp3) is 0.417. The van der Waals surface area contributed by atoms with E-state index in [1.807, 2.05) is 27.7 Å². The van der Waals surface area contributed by atoms with Crippen molar-refractivity contribution in [2.75, 3.05) is 49.2 Å². The average Bonchev–Trinajstić information content (AvgIpc) is 3.26. The van der Waals surface area contributed by atoms with Crippen LogP contribution in [0, 0.1) is 4.91 Å². The number of carbonyl (C=O) groups excluding carboxylic acids is 4. The Balaban J connectivity index is 1.09. The second-order valence-electron chi connectivity index (χ2n) is 14.4. The molecule has 11 heteroatoms. The summed E-state index contributed by atoms with van der Waals surface area (Å²) in [5.74, 6) is -2.14. The predicted molar refractivity (Wildman–Crippen MR) is 234 cm³/mol. The van der Waals surface area contributed by atoms with Gasteiger partial charge in [0.15, 0.2) is 11.6 Å². The molecule has 1 N–H and O–H groups in total. The van der Waals surface area contributed by atoms with Crippen molar-refractivity contribution < 1.29 is 33.8 Å². The number of anilines is 2. The van der Waals surface area contributed by atoms with Crippen molar-refractivity contribution in [3.63, 3.8) is 0 Å². The van der Waals surface area contributed by atoms with E-state index < -0.39 is 23.5 Å². The number of rotatable bonds is 26. The zero-order valence-electron chi connectivity index (χ0n) is 35.0. The molecule has 0 atom stereocenters. The summed E-state index contributed by atoms with van der Waals surface area (Å²) in [7, 11) is 0. The van der Waals surface area contributed by atoms with E-state index >= 15 is 0 Å². The highest BCUT2D eigenvalue weighted by atomic mass is 16.5. The normalized spacial score (nSPS) is 10.8. The van der Waals surface area contributed by atoms with Crippen LogP contribution in [0.25, 0.3) is 0 Å². The number of phenolic OH excluding ortho intramolecular Hbond substituents is 1. The summed E-state index contributed by atoms with van der Waals surface area (Å²) in [4.78, 5) is 68.6. The number of ether oxygens (including phenoxy) is 2. The van der Waals surface area contributed by atoms with Gasteiger partial charge in [-0.1, -0.05) is 87.8 Å². The quantitative estimate of drug-likeness (QED) is 0.0282. The second kappa shape index (κ2) is 24.2. The molecule has 0 saturated carbocycles. The van der Waals surface area contributed by atoms with Gasteiger partial charge in [0, 0.05) is 54.7 Å². The maximum atomic E-state index is 13.5. The summed E-state index contributed by atoms with van der Waals surface area (Å²) in [6, 6.07) is 23.0. The molecule has 314 valence electrons. The van der Waals surface area contributed by atoms with E-state index in [2.05, 4.69) is 15.0 Å². The molecular weight excluding hydrogens is 747 g/mol. The SMILES string of the molecule is CCN(CC)c1ccc(C(=O)c2ccccc2C(=O)OCCCCCCCCCCCCOC(=O)c2ccccc2C(=O)c2ccc(N(CC)CC)cc2N=O)c(O)c1. The lowest BCUT2D eigenvalue weighted by atomic mass is 9.97. The minimum atomic E-state index is -0.572. The maximum Gasteiger partial charge on any atom is 0.338 e. The summed E-state index contributed by atoms with van der Waals surface area (Å²) in [6.07, 6.45) is 9.74. The molecule has 0 heterocycles. The lowest BCUT2D eigenvalue weighted by molar-refractivity contribution is 0.0486. The number of ketones is 2. The van der Waals surface area contributed by atoms with Gasteiger partial charge in [-0.05, 0) is 88.2 Å². The average molecular weight is 806 g/mol. The third-order valence-electron chi connectivity index (χ3n) is 10.6. The Hall–Kier alpha value is -5.84. The number of esters is 2. The van der Waals surface area contributed by atoms with E-state index in [4.69, 9.17) is 9.47 Å². The molecule has 4 aromatic carbocycles. The van der Waals surface area contributed by atoms with E-state index in [0.29, 0.717) is 0 Å². The molecule has 0 aliphatic carbocycles. The van der Waals surface area contributed by atoms with Gasteiger partial charge in [-0.3, -0.25) is 9.59 Å². The van der Waals surface area contributed by atoms with Crippen LogP contribution in [0.3, 0.4) is 0 Å². The third-order valence-corrected chi connectivity index (χ3v) is 10.6. The Bertz CT molecular complexity index is 2020. The first-order chi connectivity index (χ1) is 28.7. The van der Waals surface area contributed by atoms with Crippen LogP contribution in [0.1, 0.15) is 144 Å². The van der Waals surface area contributed by atoms with Crippen molar-refractivity contribution in [3.05, 3.63) is 123 Å². The Morgan fingerprint density at radius 3 is 1.27 bits per heavy atom. The first kappa shape index (κ1) is 45.9. The molecule has 0 fully saturated rings. The number of benzene rings is 4. The summed E-state index contributed by atoms with van der Waals surface area (Å²) in [5.41, 5.74) is 2.65. The van der Waals surface area contributed by atoms with Crippen molar-refractivity contribution in [1.82, 2.24) is 0 Å². The number of carbonyl (C=O) groups is 4. The van der Waals surface area contributed by atoms with Crippen LogP contribution in [0.15, 0.2) is 90.1 Å². The molecule has 0 spiro atoms. The molecular formula is C48H59N3O8. The largest absolute Gasteiger partial charge is 0.507 e. The lowest BCUT2D eigenvalue weighted by Crippen LogP contribution is -2.21. The molecule has 0 unspecified atom stereocenters. The van der Waals surface area contributed by atoms with Gasteiger partial charge >= 0.3 is 11.9 Å². The number of hydrogen-bond donors (Lipinski definition) is 1. The Morgan fingerprint density at radius 2 is 0.864 bits per heavy atom. The van der Waals surface area contributed by atoms with E-state index in [1.165, 1.54) is 0 Å². The Labute approximate surface area is 348 Å². The van der Waals surface area contributed by atoms with Crippen molar-refractivity contribution >= 4 is 40.6 Å². The summed E-state index contributed by atoms with van der Waals surface area (Å²) >= 11 is 0. The molecule has 0 aliphatic heterocycles. The second-order valence-corrected chi connectivity index (χ2v) is 14.4. The van der Waals surface area contributed by atoms with Crippen LogP contribution in [0.5, 0.6) is 5.75 Å². The zero-order chi connectivity index (χ0) is 42.6. The van der Waals surface area contributed by atoms with Gasteiger partial charge in [-0.15, -0.1) is 4.91 Å². The summed E-state index contributed by atoms with van der Waals surface area (Å²) < 4.78 is 11.1. The molecule has 4 aromatic rings. The minimum Gasteiger partial charge on any atom is -0.507 e.